The highest BCUT2D eigenvalue weighted by Gasteiger charge is 2.02. The zero-order valence-corrected chi connectivity index (χ0v) is 15.3. The largest absolute Gasteiger partial charge is 0.375 e. The maximum absolute atomic E-state index is 5.71. The number of ether oxygens (including phenoxy) is 1. The van der Waals surface area contributed by atoms with E-state index in [1.807, 2.05) is 16.9 Å². The Hall–Kier alpha value is -2.46. The van der Waals surface area contributed by atoms with E-state index in [0.717, 1.165) is 31.5 Å². The van der Waals surface area contributed by atoms with Crippen LogP contribution in [0.5, 0.6) is 0 Å². The Morgan fingerprint density at radius 3 is 2.19 bits per heavy atom. The average molecular weight is 349 g/mol. The molecule has 0 aliphatic carbocycles. The lowest BCUT2D eigenvalue weighted by molar-refractivity contribution is 0.121. The van der Waals surface area contributed by atoms with Crippen LogP contribution in [0, 0.1) is 0 Å². The molecule has 0 amide bonds. The molecule has 0 radical (unpaired) electrons. The molecule has 0 N–H and O–H groups in total. The summed E-state index contributed by atoms with van der Waals surface area (Å²) in [4.78, 5) is 0. The van der Waals surface area contributed by atoms with Crippen LogP contribution < -0.4 is 0 Å². The maximum Gasteiger partial charge on any atom is 0.108 e. The Bertz CT molecular complexity index is 740. The van der Waals surface area contributed by atoms with Crippen LogP contribution in [0.15, 0.2) is 66.9 Å². The van der Waals surface area contributed by atoms with Crippen molar-refractivity contribution in [2.24, 2.45) is 0 Å². The molecule has 0 fully saturated rings. The van der Waals surface area contributed by atoms with Crippen molar-refractivity contribution in [1.82, 2.24) is 15.0 Å². The van der Waals surface area contributed by atoms with E-state index < -0.39 is 0 Å². The molecule has 0 saturated carbocycles. The fraction of sp³-hybridized carbons (Fsp3) is 0.364. The van der Waals surface area contributed by atoms with E-state index in [0.29, 0.717) is 13.2 Å². The van der Waals surface area contributed by atoms with Gasteiger partial charge in [-0.1, -0.05) is 72.3 Å². The zero-order valence-electron chi connectivity index (χ0n) is 15.3. The Labute approximate surface area is 155 Å². The third-order valence-corrected chi connectivity index (χ3v) is 4.41. The van der Waals surface area contributed by atoms with E-state index in [2.05, 4.69) is 64.9 Å². The summed E-state index contributed by atoms with van der Waals surface area (Å²) in [6.07, 6.45) is 7.63. The van der Waals surface area contributed by atoms with Crippen molar-refractivity contribution in [1.29, 1.82) is 0 Å². The highest BCUT2D eigenvalue weighted by molar-refractivity contribution is 5.15. The van der Waals surface area contributed by atoms with Gasteiger partial charge in [0.05, 0.1) is 19.4 Å². The van der Waals surface area contributed by atoms with Crippen LogP contribution in [0.25, 0.3) is 0 Å². The summed E-state index contributed by atoms with van der Waals surface area (Å²) in [5.41, 5.74) is 3.62. The molecular weight excluding hydrogens is 322 g/mol. The van der Waals surface area contributed by atoms with Crippen LogP contribution in [0.2, 0.25) is 0 Å². The van der Waals surface area contributed by atoms with Gasteiger partial charge < -0.3 is 4.74 Å². The van der Waals surface area contributed by atoms with Gasteiger partial charge >= 0.3 is 0 Å². The van der Waals surface area contributed by atoms with Gasteiger partial charge in [0.2, 0.25) is 0 Å². The molecule has 2 aromatic carbocycles. The van der Waals surface area contributed by atoms with E-state index in [1.165, 1.54) is 24.0 Å². The number of aryl methyl sites for hydroxylation is 2. The van der Waals surface area contributed by atoms with Gasteiger partial charge in [0, 0.05) is 6.54 Å². The molecule has 0 unspecified atom stereocenters. The Balaban J connectivity index is 1.27. The van der Waals surface area contributed by atoms with Crippen molar-refractivity contribution in [3.63, 3.8) is 0 Å². The third kappa shape index (κ3) is 6.45. The molecular formula is C22H27N3O. The molecule has 0 bridgehead atoms. The maximum atomic E-state index is 5.71. The van der Waals surface area contributed by atoms with Gasteiger partial charge in [0.25, 0.3) is 0 Å². The van der Waals surface area contributed by atoms with E-state index in [4.69, 9.17) is 4.74 Å². The lowest BCUT2D eigenvalue weighted by atomic mass is 10.1. The van der Waals surface area contributed by atoms with Crippen molar-refractivity contribution >= 4 is 0 Å². The van der Waals surface area contributed by atoms with Crippen LogP contribution in [0.4, 0.5) is 0 Å². The van der Waals surface area contributed by atoms with Crippen molar-refractivity contribution < 1.29 is 4.74 Å². The molecule has 4 heteroatoms. The van der Waals surface area contributed by atoms with Crippen LogP contribution in [0.1, 0.15) is 36.1 Å². The second kappa shape index (κ2) is 10.5. The summed E-state index contributed by atoms with van der Waals surface area (Å²) in [6, 6.07) is 21.1. The highest BCUT2D eigenvalue weighted by Crippen LogP contribution is 2.07. The smallest absolute Gasteiger partial charge is 0.108 e. The highest BCUT2D eigenvalue weighted by atomic mass is 16.5. The number of hydrogen-bond acceptors (Lipinski definition) is 3. The second-order valence-electron chi connectivity index (χ2n) is 6.56. The molecule has 0 aliphatic rings. The standard InChI is InChI=1S/C22H27N3O/c1-4-10-20(11-5-1)12-8-3-9-16-25-18-22(23-24-25)19-26-17-15-21-13-6-2-7-14-21/h1-2,4-7,10-11,13-14,18H,3,8-9,12,15-17,19H2. The Morgan fingerprint density at radius 1 is 0.769 bits per heavy atom. The topological polar surface area (TPSA) is 39.9 Å². The van der Waals surface area contributed by atoms with Crippen molar-refractivity contribution in [2.45, 2.75) is 45.3 Å². The lowest BCUT2D eigenvalue weighted by Crippen LogP contribution is -2.00. The van der Waals surface area contributed by atoms with E-state index in [9.17, 15) is 0 Å². The minimum Gasteiger partial charge on any atom is -0.375 e. The first-order chi connectivity index (χ1) is 12.9. The van der Waals surface area contributed by atoms with Crippen LogP contribution >= 0.6 is 0 Å². The summed E-state index contributed by atoms with van der Waals surface area (Å²) in [5, 5.41) is 8.39. The van der Waals surface area contributed by atoms with Crippen molar-refractivity contribution in [3.05, 3.63) is 83.7 Å². The van der Waals surface area contributed by atoms with Gasteiger partial charge in [0.1, 0.15) is 5.69 Å². The number of unbranched alkanes of at least 4 members (excludes halogenated alkanes) is 2. The molecule has 0 atom stereocenters. The number of benzene rings is 2. The van der Waals surface area contributed by atoms with Gasteiger partial charge in [-0.2, -0.15) is 0 Å². The van der Waals surface area contributed by atoms with E-state index in [-0.39, 0.29) is 0 Å². The third-order valence-electron chi connectivity index (χ3n) is 4.41. The lowest BCUT2D eigenvalue weighted by Gasteiger charge is -2.03. The summed E-state index contributed by atoms with van der Waals surface area (Å²) in [7, 11) is 0. The predicted molar refractivity (Wildman–Crippen MR) is 104 cm³/mol. The molecule has 1 heterocycles. The van der Waals surface area contributed by atoms with Gasteiger partial charge in [-0.3, -0.25) is 4.68 Å². The average Bonchev–Trinajstić information content (AvgIpc) is 3.14. The molecule has 0 spiro atoms. The fourth-order valence-corrected chi connectivity index (χ4v) is 2.95. The molecule has 26 heavy (non-hydrogen) atoms. The first-order valence-electron chi connectivity index (χ1n) is 9.45. The van der Waals surface area contributed by atoms with E-state index in [1.54, 1.807) is 0 Å². The first kappa shape index (κ1) is 18.3. The van der Waals surface area contributed by atoms with Crippen LogP contribution in [0.3, 0.4) is 0 Å². The van der Waals surface area contributed by atoms with Crippen LogP contribution in [-0.4, -0.2) is 21.6 Å². The van der Waals surface area contributed by atoms with Crippen molar-refractivity contribution in [3.8, 4) is 0 Å². The second-order valence-corrected chi connectivity index (χ2v) is 6.56. The number of aromatic nitrogens is 3. The molecule has 4 nitrogen and oxygen atoms in total. The van der Waals surface area contributed by atoms with Gasteiger partial charge in [-0.15, -0.1) is 5.10 Å². The monoisotopic (exact) mass is 349 g/mol. The van der Waals surface area contributed by atoms with Gasteiger partial charge in [0.15, 0.2) is 0 Å². The Morgan fingerprint density at radius 2 is 1.46 bits per heavy atom. The molecule has 0 saturated heterocycles. The zero-order chi connectivity index (χ0) is 17.9. The number of hydrogen-bond donors (Lipinski definition) is 0. The molecule has 136 valence electrons. The molecule has 3 aromatic rings. The summed E-state index contributed by atoms with van der Waals surface area (Å²) >= 11 is 0. The van der Waals surface area contributed by atoms with Gasteiger partial charge in [-0.05, 0) is 36.8 Å². The summed E-state index contributed by atoms with van der Waals surface area (Å²) in [6.45, 7) is 2.16. The van der Waals surface area contributed by atoms with Gasteiger partial charge in [-0.25, -0.2) is 0 Å². The Kier molecular flexibility index (Phi) is 7.41. The van der Waals surface area contributed by atoms with Crippen LogP contribution in [-0.2, 0) is 30.7 Å². The first-order valence-corrected chi connectivity index (χ1v) is 9.45. The predicted octanol–water partition coefficient (Wildman–Crippen LogP) is 4.45. The van der Waals surface area contributed by atoms with E-state index >= 15 is 0 Å². The molecule has 3 rings (SSSR count). The summed E-state index contributed by atoms with van der Waals surface area (Å²) < 4.78 is 7.64. The number of rotatable bonds is 11. The fourth-order valence-electron chi connectivity index (χ4n) is 2.95. The number of nitrogens with zero attached hydrogens (tertiary/aromatic N) is 3. The molecule has 1 aromatic heterocycles. The minimum absolute atomic E-state index is 0.529. The van der Waals surface area contributed by atoms with Crippen molar-refractivity contribution in [2.75, 3.05) is 6.61 Å². The minimum atomic E-state index is 0.529. The molecule has 0 aliphatic heterocycles. The SMILES string of the molecule is c1ccc(CCCCCn2cc(COCCc3ccccc3)nn2)cc1. The quantitative estimate of drug-likeness (QED) is 0.480. The normalized spacial score (nSPS) is 10.9. The summed E-state index contributed by atoms with van der Waals surface area (Å²) in [5.74, 6) is 0.